The Balaban J connectivity index is 2.08. The van der Waals surface area contributed by atoms with E-state index in [1.54, 1.807) is 12.0 Å². The van der Waals surface area contributed by atoms with Crippen LogP contribution in [0.4, 0.5) is 4.79 Å². The highest BCUT2D eigenvalue weighted by Crippen LogP contribution is 2.18. The summed E-state index contributed by atoms with van der Waals surface area (Å²) in [6, 6.07) is 0. The Bertz CT molecular complexity index is 245. The lowest BCUT2D eigenvalue weighted by Gasteiger charge is -2.39. The summed E-state index contributed by atoms with van der Waals surface area (Å²) < 4.78 is 10.2. The monoisotopic (exact) mass is 244 g/mol. The summed E-state index contributed by atoms with van der Waals surface area (Å²) in [6.07, 6.45) is -0.203. The number of ether oxygens (including phenoxy) is 2. The molecule has 1 amide bonds. The predicted octanol–water partition coefficient (Wildman–Crippen LogP) is 1.09. The summed E-state index contributed by atoms with van der Waals surface area (Å²) in [5, 5.41) is 3.29. The molecule has 1 heterocycles. The maximum absolute atomic E-state index is 11.6. The summed E-state index contributed by atoms with van der Waals surface area (Å²) in [5.41, 5.74) is -0.404. The smallest absolute Gasteiger partial charge is 0.410 e. The molecule has 1 rings (SSSR count). The number of hydrogen-bond donors (Lipinski definition) is 1. The van der Waals surface area contributed by atoms with Gasteiger partial charge in [-0.15, -0.1) is 0 Å². The van der Waals surface area contributed by atoms with Crippen molar-refractivity contribution in [3.63, 3.8) is 0 Å². The van der Waals surface area contributed by atoms with Crippen molar-refractivity contribution in [3.8, 4) is 0 Å². The van der Waals surface area contributed by atoms with Crippen LogP contribution < -0.4 is 5.32 Å². The molecule has 5 heteroatoms. The first kappa shape index (κ1) is 14.3. The number of amides is 1. The van der Waals surface area contributed by atoms with Gasteiger partial charge in [-0.05, 0) is 20.8 Å². The highest BCUT2D eigenvalue weighted by molar-refractivity contribution is 5.69. The normalized spacial score (nSPS) is 16.8. The van der Waals surface area contributed by atoms with Crippen LogP contribution in [0.2, 0.25) is 0 Å². The van der Waals surface area contributed by atoms with Gasteiger partial charge in [-0.2, -0.15) is 0 Å². The minimum Gasteiger partial charge on any atom is -0.444 e. The molecule has 0 radical (unpaired) electrons. The van der Waals surface area contributed by atoms with Crippen LogP contribution in [0.3, 0.4) is 0 Å². The first-order valence-corrected chi connectivity index (χ1v) is 6.10. The number of nitrogens with zero attached hydrogens (tertiary/aromatic N) is 1. The van der Waals surface area contributed by atoms with E-state index >= 15 is 0 Å². The van der Waals surface area contributed by atoms with Crippen LogP contribution in [0.1, 0.15) is 20.8 Å². The van der Waals surface area contributed by atoms with Crippen molar-refractivity contribution in [2.45, 2.75) is 26.4 Å². The van der Waals surface area contributed by atoms with E-state index in [1.807, 2.05) is 20.8 Å². The van der Waals surface area contributed by atoms with E-state index in [0.29, 0.717) is 5.92 Å². The largest absolute Gasteiger partial charge is 0.444 e. The molecule has 0 aliphatic carbocycles. The van der Waals surface area contributed by atoms with E-state index in [1.165, 1.54) is 0 Å². The van der Waals surface area contributed by atoms with Gasteiger partial charge in [0.2, 0.25) is 0 Å². The molecule has 1 saturated heterocycles. The highest BCUT2D eigenvalue weighted by Gasteiger charge is 2.33. The van der Waals surface area contributed by atoms with E-state index in [-0.39, 0.29) is 6.09 Å². The molecule has 1 fully saturated rings. The van der Waals surface area contributed by atoms with Gasteiger partial charge in [0.1, 0.15) is 5.60 Å². The van der Waals surface area contributed by atoms with Crippen molar-refractivity contribution in [2.24, 2.45) is 5.92 Å². The van der Waals surface area contributed by atoms with Crippen molar-refractivity contribution < 1.29 is 14.3 Å². The standard InChI is InChI=1S/C12H24N2O3/c1-12(2,3)17-11(15)14-8-10(9-14)7-13-5-6-16-4/h10,13H,5-9H2,1-4H3. The SMILES string of the molecule is COCCNCC1CN(C(=O)OC(C)(C)C)C1. The van der Waals surface area contributed by atoms with Crippen LogP contribution in [0.15, 0.2) is 0 Å². The third-order valence-corrected chi connectivity index (χ3v) is 2.52. The Kier molecular flexibility index (Phi) is 5.21. The third-order valence-electron chi connectivity index (χ3n) is 2.52. The molecule has 0 aromatic heterocycles. The number of rotatable bonds is 5. The lowest BCUT2D eigenvalue weighted by Crippen LogP contribution is -2.54. The van der Waals surface area contributed by atoms with Crippen LogP contribution >= 0.6 is 0 Å². The lowest BCUT2D eigenvalue weighted by molar-refractivity contribution is -0.000901. The van der Waals surface area contributed by atoms with Gasteiger partial charge >= 0.3 is 6.09 Å². The van der Waals surface area contributed by atoms with Crippen molar-refractivity contribution in [2.75, 3.05) is 39.9 Å². The molecule has 1 aliphatic rings. The quantitative estimate of drug-likeness (QED) is 0.736. The van der Waals surface area contributed by atoms with Gasteiger partial charge in [0.15, 0.2) is 0 Å². The van der Waals surface area contributed by atoms with Crippen LogP contribution in [0, 0.1) is 5.92 Å². The fourth-order valence-electron chi connectivity index (χ4n) is 1.65. The molecule has 0 aromatic carbocycles. The molecule has 5 nitrogen and oxygen atoms in total. The van der Waals surface area contributed by atoms with Gasteiger partial charge in [0.25, 0.3) is 0 Å². The van der Waals surface area contributed by atoms with Gasteiger partial charge < -0.3 is 19.7 Å². The number of methoxy groups -OCH3 is 1. The van der Waals surface area contributed by atoms with E-state index in [0.717, 1.165) is 32.8 Å². The molecule has 0 spiro atoms. The summed E-state index contributed by atoms with van der Waals surface area (Å²) in [6.45, 7) is 9.74. The summed E-state index contributed by atoms with van der Waals surface area (Å²) in [4.78, 5) is 13.4. The van der Waals surface area contributed by atoms with Gasteiger partial charge in [-0.3, -0.25) is 0 Å². The average Bonchev–Trinajstić information content (AvgIpc) is 2.11. The van der Waals surface area contributed by atoms with Crippen molar-refractivity contribution >= 4 is 6.09 Å². The molecule has 1 aliphatic heterocycles. The maximum Gasteiger partial charge on any atom is 0.410 e. The number of carbonyl (C=O) groups is 1. The zero-order valence-corrected chi connectivity index (χ0v) is 11.3. The summed E-state index contributed by atoms with van der Waals surface area (Å²) in [7, 11) is 1.69. The number of likely N-dealkylation sites (tertiary alicyclic amines) is 1. The summed E-state index contributed by atoms with van der Waals surface area (Å²) in [5.74, 6) is 0.541. The van der Waals surface area contributed by atoms with Gasteiger partial charge in [-0.25, -0.2) is 4.79 Å². The Morgan fingerprint density at radius 3 is 2.59 bits per heavy atom. The molecule has 0 aromatic rings. The first-order valence-electron chi connectivity index (χ1n) is 6.10. The fourth-order valence-corrected chi connectivity index (χ4v) is 1.65. The van der Waals surface area contributed by atoms with Gasteiger partial charge in [-0.1, -0.05) is 0 Å². The van der Waals surface area contributed by atoms with Crippen LogP contribution in [0.25, 0.3) is 0 Å². The van der Waals surface area contributed by atoms with Crippen LogP contribution in [-0.2, 0) is 9.47 Å². The van der Waals surface area contributed by atoms with Crippen molar-refractivity contribution in [1.29, 1.82) is 0 Å². The van der Waals surface area contributed by atoms with Crippen LogP contribution in [0.5, 0.6) is 0 Å². The number of nitrogens with one attached hydrogen (secondary N) is 1. The maximum atomic E-state index is 11.6. The first-order chi connectivity index (χ1) is 7.92. The van der Waals surface area contributed by atoms with Crippen LogP contribution in [-0.4, -0.2) is 56.5 Å². The molecule has 17 heavy (non-hydrogen) atoms. The highest BCUT2D eigenvalue weighted by atomic mass is 16.6. The third kappa shape index (κ3) is 5.37. The number of hydrogen-bond acceptors (Lipinski definition) is 4. The minimum atomic E-state index is -0.404. The van der Waals surface area contributed by atoms with E-state index in [4.69, 9.17) is 9.47 Å². The molecular formula is C12H24N2O3. The molecule has 0 saturated carbocycles. The van der Waals surface area contributed by atoms with Gasteiger partial charge in [0, 0.05) is 39.2 Å². The average molecular weight is 244 g/mol. The van der Waals surface area contributed by atoms with Gasteiger partial charge in [0.05, 0.1) is 6.61 Å². The Morgan fingerprint density at radius 2 is 2.06 bits per heavy atom. The second-order valence-corrected chi connectivity index (χ2v) is 5.45. The Labute approximate surface area is 103 Å². The van der Waals surface area contributed by atoms with Crippen molar-refractivity contribution in [1.82, 2.24) is 10.2 Å². The van der Waals surface area contributed by atoms with E-state index < -0.39 is 5.60 Å². The second-order valence-electron chi connectivity index (χ2n) is 5.45. The zero-order chi connectivity index (χ0) is 12.9. The van der Waals surface area contributed by atoms with Crippen molar-refractivity contribution in [3.05, 3.63) is 0 Å². The Morgan fingerprint density at radius 1 is 1.41 bits per heavy atom. The minimum absolute atomic E-state index is 0.203. The summed E-state index contributed by atoms with van der Waals surface area (Å²) >= 11 is 0. The second kappa shape index (κ2) is 6.21. The van der Waals surface area contributed by atoms with E-state index in [2.05, 4.69) is 5.32 Å². The molecule has 0 unspecified atom stereocenters. The lowest BCUT2D eigenvalue weighted by atomic mass is 10.0. The zero-order valence-electron chi connectivity index (χ0n) is 11.3. The van der Waals surface area contributed by atoms with E-state index in [9.17, 15) is 4.79 Å². The molecule has 0 atom stereocenters. The molecule has 1 N–H and O–H groups in total. The predicted molar refractivity (Wildman–Crippen MR) is 66.0 cm³/mol. The number of carbonyl (C=O) groups excluding carboxylic acids is 1. The molecular weight excluding hydrogens is 220 g/mol. The topological polar surface area (TPSA) is 50.8 Å². The molecule has 0 bridgehead atoms. The molecule has 100 valence electrons. The Hall–Kier alpha value is -0.810. The fraction of sp³-hybridized carbons (Fsp3) is 0.917.